The third kappa shape index (κ3) is 3.69. The van der Waals surface area contributed by atoms with Crippen LogP contribution in [0.25, 0.3) is 0 Å². The average Bonchev–Trinajstić information content (AvgIpc) is 2.69. The van der Waals surface area contributed by atoms with Crippen molar-refractivity contribution in [2.45, 2.75) is 38.3 Å². The maximum atomic E-state index is 13.8. The number of halogens is 2. The molecule has 1 saturated heterocycles. The van der Waals surface area contributed by atoms with Gasteiger partial charge in [-0.15, -0.1) is 0 Å². The monoisotopic (exact) mass is 298 g/mol. The minimum atomic E-state index is -0.638. The molecule has 6 heteroatoms. The van der Waals surface area contributed by atoms with Crippen LogP contribution >= 0.6 is 0 Å². The fraction of sp³-hybridized carbons (Fsp3) is 0.533. The molecule has 2 rings (SSSR count). The number of amides is 1. The van der Waals surface area contributed by atoms with Crippen molar-refractivity contribution < 1.29 is 18.3 Å². The summed E-state index contributed by atoms with van der Waals surface area (Å²) in [6.07, 6.45) is -0.469. The van der Waals surface area contributed by atoms with E-state index < -0.39 is 29.4 Å². The SMILES string of the molecule is CC(C)(C)OC(=O)N1C[C@@H](N)[C@H](c2ccc(F)cc2F)C1. The molecule has 0 unspecified atom stereocenters. The van der Waals surface area contributed by atoms with Crippen LogP contribution in [0.2, 0.25) is 0 Å². The molecule has 1 aliphatic rings. The van der Waals surface area contributed by atoms with Gasteiger partial charge in [0.05, 0.1) is 0 Å². The van der Waals surface area contributed by atoms with Crippen LogP contribution in [0.15, 0.2) is 18.2 Å². The van der Waals surface area contributed by atoms with Gasteiger partial charge in [0.15, 0.2) is 0 Å². The highest BCUT2D eigenvalue weighted by atomic mass is 19.1. The van der Waals surface area contributed by atoms with Gasteiger partial charge in [0.2, 0.25) is 0 Å². The number of carbonyl (C=O) groups is 1. The Hall–Kier alpha value is -1.69. The summed E-state index contributed by atoms with van der Waals surface area (Å²) in [5.74, 6) is -1.63. The van der Waals surface area contributed by atoms with E-state index in [0.29, 0.717) is 5.56 Å². The van der Waals surface area contributed by atoms with Crippen molar-refractivity contribution in [2.75, 3.05) is 13.1 Å². The maximum absolute atomic E-state index is 13.8. The number of hydrogen-bond acceptors (Lipinski definition) is 3. The van der Waals surface area contributed by atoms with Crippen molar-refractivity contribution in [3.8, 4) is 0 Å². The molecule has 1 aromatic carbocycles. The van der Waals surface area contributed by atoms with Crippen molar-refractivity contribution in [1.29, 1.82) is 0 Å². The predicted octanol–water partition coefficient (Wildman–Crippen LogP) is 2.63. The number of likely N-dealkylation sites (tertiary alicyclic amines) is 1. The van der Waals surface area contributed by atoms with Crippen LogP contribution in [0, 0.1) is 11.6 Å². The fourth-order valence-electron chi connectivity index (χ4n) is 2.44. The summed E-state index contributed by atoms with van der Waals surface area (Å²) in [6.45, 7) is 5.88. The topological polar surface area (TPSA) is 55.6 Å². The third-order valence-corrected chi connectivity index (χ3v) is 3.38. The lowest BCUT2D eigenvalue weighted by Gasteiger charge is -2.24. The van der Waals surface area contributed by atoms with E-state index in [4.69, 9.17) is 10.5 Å². The Morgan fingerprint density at radius 1 is 1.33 bits per heavy atom. The summed E-state index contributed by atoms with van der Waals surface area (Å²) in [6, 6.07) is 3.00. The van der Waals surface area contributed by atoms with E-state index in [9.17, 15) is 13.6 Å². The summed E-state index contributed by atoms with van der Waals surface area (Å²) in [5, 5.41) is 0. The molecule has 1 fully saturated rings. The molecule has 21 heavy (non-hydrogen) atoms. The van der Waals surface area contributed by atoms with E-state index in [1.807, 2.05) is 0 Å². The summed E-state index contributed by atoms with van der Waals surface area (Å²) >= 11 is 0. The van der Waals surface area contributed by atoms with Gasteiger partial charge in [-0.3, -0.25) is 0 Å². The first-order chi connectivity index (χ1) is 9.67. The van der Waals surface area contributed by atoms with E-state index in [0.717, 1.165) is 6.07 Å². The van der Waals surface area contributed by atoms with Crippen molar-refractivity contribution in [1.82, 2.24) is 4.90 Å². The average molecular weight is 298 g/mol. The summed E-state index contributed by atoms with van der Waals surface area (Å²) in [5.41, 5.74) is 5.73. The highest BCUT2D eigenvalue weighted by Crippen LogP contribution is 2.29. The highest BCUT2D eigenvalue weighted by molar-refractivity contribution is 5.69. The normalized spacial score (nSPS) is 22.5. The third-order valence-electron chi connectivity index (χ3n) is 3.38. The van der Waals surface area contributed by atoms with Crippen LogP contribution in [0.5, 0.6) is 0 Å². The molecule has 1 amide bonds. The van der Waals surface area contributed by atoms with Gasteiger partial charge >= 0.3 is 6.09 Å². The van der Waals surface area contributed by atoms with Crippen LogP contribution in [0.3, 0.4) is 0 Å². The molecule has 0 saturated carbocycles. The highest BCUT2D eigenvalue weighted by Gasteiger charge is 2.37. The van der Waals surface area contributed by atoms with Crippen LogP contribution in [-0.2, 0) is 4.74 Å². The molecule has 0 aromatic heterocycles. The van der Waals surface area contributed by atoms with Crippen LogP contribution in [-0.4, -0.2) is 35.7 Å². The number of hydrogen-bond donors (Lipinski definition) is 1. The van der Waals surface area contributed by atoms with E-state index in [2.05, 4.69) is 0 Å². The van der Waals surface area contributed by atoms with Crippen molar-refractivity contribution in [3.63, 3.8) is 0 Å². The summed E-state index contributed by atoms with van der Waals surface area (Å²) in [7, 11) is 0. The number of ether oxygens (including phenoxy) is 1. The molecular formula is C15H20F2N2O2. The second-order valence-corrected chi connectivity index (χ2v) is 6.32. The van der Waals surface area contributed by atoms with Crippen LogP contribution < -0.4 is 5.73 Å². The van der Waals surface area contributed by atoms with E-state index >= 15 is 0 Å². The molecule has 1 aliphatic heterocycles. The van der Waals surface area contributed by atoms with Gasteiger partial charge in [0.1, 0.15) is 17.2 Å². The Labute approximate surface area is 122 Å². The summed E-state index contributed by atoms with van der Waals surface area (Å²) in [4.78, 5) is 13.5. The minimum Gasteiger partial charge on any atom is -0.444 e. The van der Waals surface area contributed by atoms with Gasteiger partial charge in [-0.05, 0) is 32.4 Å². The quantitative estimate of drug-likeness (QED) is 0.867. The Morgan fingerprint density at radius 2 is 2.00 bits per heavy atom. The molecule has 0 radical (unpaired) electrons. The second-order valence-electron chi connectivity index (χ2n) is 6.32. The van der Waals surface area contributed by atoms with Gasteiger partial charge in [-0.1, -0.05) is 6.07 Å². The lowest BCUT2D eigenvalue weighted by atomic mass is 9.94. The smallest absolute Gasteiger partial charge is 0.410 e. The first kappa shape index (κ1) is 15.7. The van der Waals surface area contributed by atoms with Crippen molar-refractivity contribution in [2.24, 2.45) is 5.73 Å². The van der Waals surface area contributed by atoms with Gasteiger partial charge < -0.3 is 15.4 Å². The lowest BCUT2D eigenvalue weighted by Crippen LogP contribution is -2.36. The molecule has 2 atom stereocenters. The first-order valence-electron chi connectivity index (χ1n) is 6.86. The molecule has 2 N–H and O–H groups in total. The van der Waals surface area contributed by atoms with Crippen molar-refractivity contribution >= 4 is 6.09 Å². The van der Waals surface area contributed by atoms with Gasteiger partial charge in [-0.25, -0.2) is 13.6 Å². The zero-order valence-electron chi connectivity index (χ0n) is 12.4. The Bertz CT molecular complexity index is 543. The zero-order valence-corrected chi connectivity index (χ0v) is 12.4. The first-order valence-corrected chi connectivity index (χ1v) is 6.86. The Balaban J connectivity index is 2.12. The van der Waals surface area contributed by atoms with E-state index in [1.54, 1.807) is 20.8 Å². The molecule has 116 valence electrons. The maximum Gasteiger partial charge on any atom is 0.410 e. The molecule has 1 aromatic rings. The lowest BCUT2D eigenvalue weighted by molar-refractivity contribution is 0.0290. The van der Waals surface area contributed by atoms with Crippen molar-refractivity contribution in [3.05, 3.63) is 35.4 Å². The minimum absolute atomic E-state index is 0.263. The largest absolute Gasteiger partial charge is 0.444 e. The number of benzene rings is 1. The predicted molar refractivity (Wildman–Crippen MR) is 74.9 cm³/mol. The molecule has 0 bridgehead atoms. The number of nitrogens with two attached hydrogens (primary N) is 1. The van der Waals surface area contributed by atoms with Gasteiger partial charge in [-0.2, -0.15) is 0 Å². The Morgan fingerprint density at radius 3 is 2.57 bits per heavy atom. The summed E-state index contributed by atoms with van der Waals surface area (Å²) < 4.78 is 32.1. The molecule has 1 heterocycles. The van der Waals surface area contributed by atoms with E-state index in [1.165, 1.54) is 17.0 Å². The second kappa shape index (κ2) is 5.60. The number of nitrogens with zero attached hydrogens (tertiary/aromatic N) is 1. The molecule has 4 nitrogen and oxygen atoms in total. The fourth-order valence-corrected chi connectivity index (χ4v) is 2.44. The zero-order chi connectivity index (χ0) is 15.8. The van der Waals surface area contributed by atoms with Gasteiger partial charge in [0, 0.05) is 31.1 Å². The van der Waals surface area contributed by atoms with Crippen LogP contribution in [0.4, 0.5) is 13.6 Å². The molecule has 0 spiro atoms. The van der Waals surface area contributed by atoms with Crippen LogP contribution in [0.1, 0.15) is 32.3 Å². The standard InChI is InChI=1S/C15H20F2N2O2/c1-15(2,3)21-14(20)19-7-11(13(18)8-19)10-5-4-9(16)6-12(10)17/h4-6,11,13H,7-8,18H2,1-3H3/t11-,13+/m0/s1. The Kier molecular flexibility index (Phi) is 4.18. The number of carbonyl (C=O) groups excluding carboxylic acids is 1. The number of rotatable bonds is 1. The van der Waals surface area contributed by atoms with E-state index in [-0.39, 0.29) is 19.0 Å². The molecule has 0 aliphatic carbocycles. The van der Waals surface area contributed by atoms with Gasteiger partial charge in [0.25, 0.3) is 0 Å². The molecular weight excluding hydrogens is 278 g/mol.